The molecule has 1 aliphatic carbocycles. The molecule has 0 spiro atoms. The molecule has 0 amide bonds. The summed E-state index contributed by atoms with van der Waals surface area (Å²) in [5, 5.41) is 17.3. The second-order valence-electron chi connectivity index (χ2n) is 8.15. The van der Waals surface area contributed by atoms with E-state index in [-0.39, 0.29) is 27.6 Å². The maximum absolute atomic E-state index is 14.8. The minimum absolute atomic E-state index is 0.263. The third kappa shape index (κ3) is 2.98. The number of aromatic carboxylic acids is 1. The van der Waals surface area contributed by atoms with Crippen molar-refractivity contribution < 1.29 is 50.9 Å². The van der Waals surface area contributed by atoms with Crippen molar-refractivity contribution in [3.8, 4) is 11.5 Å². The molecule has 4 aromatic rings. The fourth-order valence-electron chi connectivity index (χ4n) is 4.44. The van der Waals surface area contributed by atoms with Crippen LogP contribution in [0.2, 0.25) is 0 Å². The van der Waals surface area contributed by atoms with E-state index < -0.39 is 57.4 Å². The van der Waals surface area contributed by atoms with Crippen LogP contribution in [0.5, 0.6) is 11.5 Å². The van der Waals surface area contributed by atoms with E-state index in [2.05, 4.69) is 0 Å². The first-order chi connectivity index (χ1) is 16.8. The van der Waals surface area contributed by atoms with Gasteiger partial charge in [-0.1, -0.05) is 24.3 Å². The number of hydrogen-bond donors (Lipinski definition) is 2. The van der Waals surface area contributed by atoms with Gasteiger partial charge in [0.2, 0.25) is 0 Å². The van der Waals surface area contributed by atoms with Gasteiger partial charge in [0, 0.05) is 11.1 Å². The molecule has 0 saturated heterocycles. The number of ether oxygens (including phenoxy) is 1. The largest absolute Gasteiger partial charge is 0.508 e. The second kappa shape index (κ2) is 7.36. The molecule has 5 nitrogen and oxygen atoms in total. The summed E-state index contributed by atoms with van der Waals surface area (Å²) in [6.45, 7) is 0. The molecule has 0 heterocycles. The van der Waals surface area contributed by atoms with Gasteiger partial charge in [0.25, 0.3) is 0 Å². The highest BCUT2D eigenvalue weighted by atomic mass is 19.3. The van der Waals surface area contributed by atoms with E-state index in [1.165, 1.54) is 18.2 Å². The molecule has 0 radical (unpaired) electrons. The molecule has 0 unspecified atom stereocenters. The predicted octanol–water partition coefficient (Wildman–Crippen LogP) is 6.45. The summed E-state index contributed by atoms with van der Waals surface area (Å²) in [5.41, 5.74) is -3.83. The lowest BCUT2D eigenvalue weighted by atomic mass is 9.91. The topological polar surface area (TPSA) is 83.8 Å². The van der Waals surface area contributed by atoms with Gasteiger partial charge in [-0.15, -0.1) is 0 Å². The van der Waals surface area contributed by atoms with Crippen LogP contribution in [-0.4, -0.2) is 28.1 Å². The van der Waals surface area contributed by atoms with E-state index in [1.54, 1.807) is 0 Å². The normalized spacial score (nSPS) is 17.2. The van der Waals surface area contributed by atoms with Crippen LogP contribution in [0.15, 0.2) is 60.7 Å². The van der Waals surface area contributed by atoms with Crippen molar-refractivity contribution in [3.63, 3.8) is 0 Å². The summed E-state index contributed by atoms with van der Waals surface area (Å²) >= 11 is 0. The third-order valence-corrected chi connectivity index (χ3v) is 6.08. The number of phenolic OH excluding ortho intramolecular Hbond substituents is 1. The SMILES string of the molecule is O=C(O)c1ccccc1C(=O)Oc1ccc2c3c(c4ccc(O)cc4c2c1)C(F)(F)C(F)(F)C3(F)F. The molecule has 1 aliphatic rings. The van der Waals surface area contributed by atoms with E-state index in [1.807, 2.05) is 0 Å². The Hall–Kier alpha value is -4.28. The number of aromatic hydroxyl groups is 1. The molecule has 36 heavy (non-hydrogen) atoms. The minimum atomic E-state index is -5.73. The molecule has 0 fully saturated rings. The molecular weight excluding hydrogens is 494 g/mol. The number of fused-ring (bicyclic) bond motifs is 6. The van der Waals surface area contributed by atoms with Gasteiger partial charge in [0.05, 0.1) is 11.1 Å². The molecule has 0 atom stereocenters. The van der Waals surface area contributed by atoms with Gasteiger partial charge in [-0.3, -0.25) is 0 Å². The molecule has 5 rings (SSSR count). The first-order valence-electron chi connectivity index (χ1n) is 10.2. The van der Waals surface area contributed by atoms with Gasteiger partial charge in [-0.25, -0.2) is 9.59 Å². The lowest BCUT2D eigenvalue weighted by Crippen LogP contribution is -2.43. The van der Waals surface area contributed by atoms with Crippen LogP contribution in [-0.2, 0) is 11.8 Å². The summed E-state index contributed by atoms with van der Waals surface area (Å²) in [6, 6.07) is 10.5. The van der Waals surface area contributed by atoms with Gasteiger partial charge in [-0.05, 0) is 57.9 Å². The summed E-state index contributed by atoms with van der Waals surface area (Å²) in [7, 11) is 0. The quantitative estimate of drug-likeness (QED) is 0.144. The number of esters is 1. The number of rotatable bonds is 3. The molecular formula is C25H12F6O5. The number of benzene rings is 4. The van der Waals surface area contributed by atoms with E-state index in [0.29, 0.717) is 0 Å². The highest BCUT2D eigenvalue weighted by Crippen LogP contribution is 2.66. The Balaban J connectivity index is 1.75. The van der Waals surface area contributed by atoms with Crippen LogP contribution in [0.3, 0.4) is 0 Å². The molecule has 0 bridgehead atoms. The van der Waals surface area contributed by atoms with Crippen LogP contribution < -0.4 is 4.74 Å². The average molecular weight is 506 g/mol. The number of carboxylic acids is 1. The molecule has 0 saturated carbocycles. The van der Waals surface area contributed by atoms with Crippen LogP contribution >= 0.6 is 0 Å². The fourth-order valence-corrected chi connectivity index (χ4v) is 4.44. The Kier molecular flexibility index (Phi) is 4.80. The lowest BCUT2D eigenvalue weighted by Gasteiger charge is -2.23. The highest BCUT2D eigenvalue weighted by Gasteiger charge is 2.79. The maximum atomic E-state index is 14.8. The number of phenols is 1. The van der Waals surface area contributed by atoms with E-state index in [4.69, 9.17) is 4.74 Å². The Morgan fingerprint density at radius 3 is 1.81 bits per heavy atom. The summed E-state index contributed by atoms with van der Waals surface area (Å²) in [4.78, 5) is 24.0. The molecule has 0 aromatic heterocycles. The first kappa shape index (κ1) is 23.5. The van der Waals surface area contributed by atoms with Crippen LogP contribution in [0.25, 0.3) is 21.5 Å². The monoisotopic (exact) mass is 506 g/mol. The Bertz CT molecular complexity index is 1610. The van der Waals surface area contributed by atoms with Crippen molar-refractivity contribution in [3.05, 3.63) is 82.9 Å². The lowest BCUT2D eigenvalue weighted by molar-refractivity contribution is -0.301. The number of alkyl halides is 6. The van der Waals surface area contributed by atoms with Crippen molar-refractivity contribution in [2.75, 3.05) is 0 Å². The minimum Gasteiger partial charge on any atom is -0.508 e. The van der Waals surface area contributed by atoms with Crippen LogP contribution in [0.1, 0.15) is 31.8 Å². The second-order valence-corrected chi connectivity index (χ2v) is 8.15. The third-order valence-electron chi connectivity index (χ3n) is 6.08. The smallest absolute Gasteiger partial charge is 0.380 e. The predicted molar refractivity (Wildman–Crippen MR) is 114 cm³/mol. The molecule has 2 N–H and O–H groups in total. The van der Waals surface area contributed by atoms with Gasteiger partial charge < -0.3 is 14.9 Å². The number of halogens is 6. The zero-order valence-corrected chi connectivity index (χ0v) is 17.7. The number of hydrogen-bond acceptors (Lipinski definition) is 4. The molecule has 4 aromatic carbocycles. The zero-order valence-electron chi connectivity index (χ0n) is 17.7. The van der Waals surface area contributed by atoms with Crippen molar-refractivity contribution in [1.29, 1.82) is 0 Å². The summed E-state index contributed by atoms with van der Waals surface area (Å²) in [5.74, 6) is -19.5. The number of carboxylic acid groups (broad SMARTS) is 1. The van der Waals surface area contributed by atoms with Gasteiger partial charge in [-0.2, -0.15) is 26.3 Å². The first-order valence-corrected chi connectivity index (χ1v) is 10.2. The average Bonchev–Trinajstić information content (AvgIpc) is 2.93. The van der Waals surface area contributed by atoms with Crippen molar-refractivity contribution in [1.82, 2.24) is 0 Å². The number of carbonyl (C=O) groups is 2. The standard InChI is InChI=1S/C25H12F6O5/c26-23(27)19-13-7-5-11(32)9-17(13)18-10-12(6-8-14(18)20(19)24(28,29)25(23,30)31)36-22(35)16-4-2-1-3-15(16)21(33)34/h1-10,32H,(H,33,34). The molecule has 11 heteroatoms. The molecule has 0 aliphatic heterocycles. The Morgan fingerprint density at radius 1 is 0.694 bits per heavy atom. The maximum Gasteiger partial charge on any atom is 0.380 e. The van der Waals surface area contributed by atoms with Crippen LogP contribution in [0, 0.1) is 0 Å². The Morgan fingerprint density at radius 2 is 1.22 bits per heavy atom. The van der Waals surface area contributed by atoms with Crippen molar-refractivity contribution in [2.45, 2.75) is 17.8 Å². The van der Waals surface area contributed by atoms with Crippen molar-refractivity contribution in [2.24, 2.45) is 0 Å². The summed E-state index contributed by atoms with van der Waals surface area (Å²) < 4.78 is 92.8. The van der Waals surface area contributed by atoms with E-state index in [0.717, 1.165) is 42.5 Å². The fraction of sp³-hybridized carbons (Fsp3) is 0.120. The van der Waals surface area contributed by atoms with Crippen molar-refractivity contribution >= 4 is 33.5 Å². The summed E-state index contributed by atoms with van der Waals surface area (Å²) in [6.07, 6.45) is 0. The van der Waals surface area contributed by atoms with Crippen LogP contribution in [0.4, 0.5) is 26.3 Å². The molecule has 184 valence electrons. The van der Waals surface area contributed by atoms with Gasteiger partial charge >= 0.3 is 29.7 Å². The zero-order chi connectivity index (χ0) is 26.2. The number of carbonyl (C=O) groups excluding carboxylic acids is 1. The van der Waals surface area contributed by atoms with E-state index in [9.17, 15) is 46.1 Å². The van der Waals surface area contributed by atoms with Gasteiger partial charge in [0.15, 0.2) is 0 Å². The Labute approximate surface area is 197 Å². The van der Waals surface area contributed by atoms with E-state index >= 15 is 0 Å². The highest BCUT2D eigenvalue weighted by molar-refractivity contribution is 6.13. The van der Waals surface area contributed by atoms with Gasteiger partial charge in [0.1, 0.15) is 11.5 Å².